The number of sulfonamides is 1. The topological polar surface area (TPSA) is 60.9 Å². The lowest BCUT2D eigenvalue weighted by molar-refractivity contribution is -0.137. The van der Waals surface area contributed by atoms with E-state index in [1.807, 2.05) is 4.90 Å². The molecule has 9 heteroatoms. The van der Waals surface area contributed by atoms with E-state index < -0.39 is 10.0 Å². The lowest BCUT2D eigenvalue weighted by atomic mass is 9.96. The third-order valence-electron chi connectivity index (χ3n) is 6.28. The van der Waals surface area contributed by atoms with Crippen LogP contribution in [0, 0.1) is 11.7 Å². The summed E-state index contributed by atoms with van der Waals surface area (Å²) in [6.45, 7) is 3.31. The highest BCUT2D eigenvalue weighted by molar-refractivity contribution is 7.88. The molecule has 0 spiro atoms. The summed E-state index contributed by atoms with van der Waals surface area (Å²) in [6, 6.07) is 13.4. The molecular weight excluding hydrogens is 453 g/mol. The van der Waals surface area contributed by atoms with Gasteiger partial charge in [0.2, 0.25) is 15.9 Å². The Morgan fingerprint density at radius 1 is 0.938 bits per heavy atom. The summed E-state index contributed by atoms with van der Waals surface area (Å²) in [5, 5.41) is 0.445. The van der Waals surface area contributed by atoms with Gasteiger partial charge in [0.1, 0.15) is 5.82 Å². The molecule has 172 valence electrons. The summed E-state index contributed by atoms with van der Waals surface area (Å²) < 4.78 is 40.3. The van der Waals surface area contributed by atoms with Crippen molar-refractivity contribution in [2.24, 2.45) is 5.92 Å². The molecule has 0 aliphatic carbocycles. The minimum Gasteiger partial charge on any atom is -0.368 e. The number of anilines is 1. The van der Waals surface area contributed by atoms with Crippen LogP contribution in [0.2, 0.25) is 5.02 Å². The molecule has 2 heterocycles. The van der Waals surface area contributed by atoms with Crippen molar-refractivity contribution in [1.29, 1.82) is 0 Å². The third kappa shape index (κ3) is 5.24. The first kappa shape index (κ1) is 23.0. The quantitative estimate of drug-likeness (QED) is 0.659. The average Bonchev–Trinajstić information content (AvgIpc) is 2.81. The van der Waals surface area contributed by atoms with Gasteiger partial charge in [0.15, 0.2) is 0 Å². The molecule has 2 saturated heterocycles. The van der Waals surface area contributed by atoms with Crippen LogP contribution in [0.1, 0.15) is 18.4 Å². The number of carbonyl (C=O) groups excluding carboxylic acids is 1. The second-order valence-electron chi connectivity index (χ2n) is 8.31. The van der Waals surface area contributed by atoms with Crippen LogP contribution in [-0.4, -0.2) is 62.8 Å². The Morgan fingerprint density at radius 3 is 2.19 bits per heavy atom. The molecule has 0 N–H and O–H groups in total. The number of piperazine rings is 1. The van der Waals surface area contributed by atoms with E-state index in [-0.39, 0.29) is 23.4 Å². The fraction of sp³-hybridized carbons (Fsp3) is 0.435. The highest BCUT2D eigenvalue weighted by Gasteiger charge is 2.34. The van der Waals surface area contributed by atoms with E-state index in [0.29, 0.717) is 62.7 Å². The Morgan fingerprint density at radius 2 is 1.56 bits per heavy atom. The number of nitrogens with zero attached hydrogens (tertiary/aromatic N) is 3. The summed E-state index contributed by atoms with van der Waals surface area (Å²) in [6.07, 6.45) is 1.05. The van der Waals surface area contributed by atoms with Crippen LogP contribution in [-0.2, 0) is 20.6 Å². The molecule has 0 unspecified atom stereocenters. The summed E-state index contributed by atoms with van der Waals surface area (Å²) in [4.78, 5) is 17.0. The van der Waals surface area contributed by atoms with Crippen molar-refractivity contribution in [3.05, 3.63) is 64.9 Å². The zero-order valence-electron chi connectivity index (χ0n) is 17.8. The summed E-state index contributed by atoms with van der Waals surface area (Å²) in [7, 11) is -3.48. The average molecular weight is 480 g/mol. The first-order valence-electron chi connectivity index (χ1n) is 10.8. The zero-order chi connectivity index (χ0) is 22.7. The van der Waals surface area contributed by atoms with Gasteiger partial charge >= 0.3 is 0 Å². The van der Waals surface area contributed by atoms with Crippen LogP contribution in [0.15, 0.2) is 48.5 Å². The Balaban J connectivity index is 1.28. The normalized spacial score (nSPS) is 18.7. The molecule has 32 heavy (non-hydrogen) atoms. The van der Waals surface area contributed by atoms with Crippen molar-refractivity contribution in [2.75, 3.05) is 44.2 Å². The second-order valence-corrected chi connectivity index (χ2v) is 10.7. The Kier molecular flexibility index (Phi) is 7.02. The maximum absolute atomic E-state index is 13.1. The maximum Gasteiger partial charge on any atom is 0.225 e. The van der Waals surface area contributed by atoms with Gasteiger partial charge in [0, 0.05) is 55.9 Å². The molecular formula is C23H27ClFN3O3S. The van der Waals surface area contributed by atoms with Crippen molar-refractivity contribution in [3.63, 3.8) is 0 Å². The highest BCUT2D eigenvalue weighted by Crippen LogP contribution is 2.26. The number of carbonyl (C=O) groups is 1. The highest BCUT2D eigenvalue weighted by atomic mass is 35.5. The van der Waals surface area contributed by atoms with Crippen LogP contribution in [0.5, 0.6) is 0 Å². The van der Waals surface area contributed by atoms with Crippen LogP contribution >= 0.6 is 11.6 Å². The molecule has 4 rings (SSSR count). The van der Waals surface area contributed by atoms with Gasteiger partial charge in [-0.15, -0.1) is 0 Å². The maximum atomic E-state index is 13.1. The molecule has 2 fully saturated rings. The Hall–Kier alpha value is -2.16. The van der Waals surface area contributed by atoms with Gasteiger partial charge in [-0.05, 0) is 48.7 Å². The molecule has 2 aromatic carbocycles. The van der Waals surface area contributed by atoms with Crippen molar-refractivity contribution < 1.29 is 17.6 Å². The van der Waals surface area contributed by atoms with E-state index in [0.717, 1.165) is 5.69 Å². The van der Waals surface area contributed by atoms with E-state index in [1.165, 1.54) is 16.4 Å². The first-order chi connectivity index (χ1) is 15.3. The Bertz CT molecular complexity index is 1050. The van der Waals surface area contributed by atoms with E-state index in [4.69, 9.17) is 11.6 Å². The molecule has 2 aliphatic rings. The van der Waals surface area contributed by atoms with Crippen molar-refractivity contribution in [3.8, 4) is 0 Å². The second kappa shape index (κ2) is 9.77. The van der Waals surface area contributed by atoms with E-state index in [2.05, 4.69) is 4.90 Å². The molecule has 0 saturated carbocycles. The lowest BCUT2D eigenvalue weighted by Gasteiger charge is -2.39. The zero-order valence-corrected chi connectivity index (χ0v) is 19.4. The van der Waals surface area contributed by atoms with E-state index in [1.54, 1.807) is 36.4 Å². The fourth-order valence-corrected chi connectivity index (χ4v) is 6.26. The SMILES string of the molecule is O=C(C1CCN(S(=O)(=O)Cc2ccccc2Cl)CC1)N1CCN(c2ccc(F)cc2)CC1. The number of rotatable bonds is 5. The van der Waals surface area contributed by atoms with Gasteiger partial charge in [-0.2, -0.15) is 0 Å². The summed E-state index contributed by atoms with van der Waals surface area (Å²) in [5.74, 6) is -0.440. The smallest absolute Gasteiger partial charge is 0.225 e. The number of hydrogen-bond donors (Lipinski definition) is 0. The number of amides is 1. The molecule has 0 aromatic heterocycles. The van der Waals surface area contributed by atoms with Gasteiger partial charge < -0.3 is 9.80 Å². The molecule has 1 amide bonds. The largest absolute Gasteiger partial charge is 0.368 e. The van der Waals surface area contributed by atoms with Crippen molar-refractivity contribution in [1.82, 2.24) is 9.21 Å². The third-order valence-corrected chi connectivity index (χ3v) is 8.47. The van der Waals surface area contributed by atoms with Gasteiger partial charge in [-0.3, -0.25) is 4.79 Å². The summed E-state index contributed by atoms with van der Waals surface area (Å²) in [5.41, 5.74) is 1.54. The molecule has 0 atom stereocenters. The molecule has 0 radical (unpaired) electrons. The Labute approximate surface area is 193 Å². The fourth-order valence-electron chi connectivity index (χ4n) is 4.38. The van der Waals surface area contributed by atoms with Crippen LogP contribution in [0.3, 0.4) is 0 Å². The molecule has 6 nitrogen and oxygen atoms in total. The van der Waals surface area contributed by atoms with Gasteiger partial charge in [0.25, 0.3) is 0 Å². The number of benzene rings is 2. The summed E-state index contributed by atoms with van der Waals surface area (Å²) >= 11 is 6.12. The van der Waals surface area contributed by atoms with Crippen LogP contribution < -0.4 is 4.90 Å². The predicted octanol–water partition coefficient (Wildman–Crippen LogP) is 3.37. The standard InChI is InChI=1S/C23H27ClFN3O3S/c24-22-4-2-1-3-19(22)17-32(30,31)28-11-9-18(10-12-28)23(29)27-15-13-26(14-16-27)21-7-5-20(25)6-8-21/h1-8,18H,9-17H2. The van der Waals surface area contributed by atoms with Gasteiger partial charge in [-0.25, -0.2) is 17.1 Å². The lowest BCUT2D eigenvalue weighted by Crippen LogP contribution is -2.52. The van der Waals surface area contributed by atoms with Crippen LogP contribution in [0.25, 0.3) is 0 Å². The van der Waals surface area contributed by atoms with Crippen molar-refractivity contribution >= 4 is 33.2 Å². The molecule has 2 aliphatic heterocycles. The van der Waals surface area contributed by atoms with E-state index >= 15 is 0 Å². The van der Waals surface area contributed by atoms with Crippen molar-refractivity contribution in [2.45, 2.75) is 18.6 Å². The van der Waals surface area contributed by atoms with Gasteiger partial charge in [0.05, 0.1) is 5.75 Å². The van der Waals surface area contributed by atoms with Gasteiger partial charge in [-0.1, -0.05) is 29.8 Å². The number of piperidine rings is 1. The number of hydrogen-bond acceptors (Lipinski definition) is 4. The predicted molar refractivity (Wildman–Crippen MR) is 124 cm³/mol. The van der Waals surface area contributed by atoms with E-state index in [9.17, 15) is 17.6 Å². The minimum absolute atomic E-state index is 0.104. The first-order valence-corrected chi connectivity index (χ1v) is 12.8. The minimum atomic E-state index is -3.48. The molecule has 2 aromatic rings. The van der Waals surface area contributed by atoms with Crippen LogP contribution in [0.4, 0.5) is 10.1 Å². The monoisotopic (exact) mass is 479 g/mol. The molecule has 0 bridgehead atoms. The number of halogens is 2.